The topological polar surface area (TPSA) is 112 Å². The van der Waals surface area contributed by atoms with Crippen molar-refractivity contribution in [2.45, 2.75) is 0 Å². The van der Waals surface area contributed by atoms with Gasteiger partial charge >= 0.3 is 5.97 Å². The molecule has 0 unspecified atom stereocenters. The van der Waals surface area contributed by atoms with Gasteiger partial charge in [-0.2, -0.15) is 0 Å². The van der Waals surface area contributed by atoms with Gasteiger partial charge in [0.15, 0.2) is 0 Å². The van der Waals surface area contributed by atoms with Gasteiger partial charge in [-0.05, 0) is 35.9 Å². The van der Waals surface area contributed by atoms with Gasteiger partial charge in [0.05, 0.1) is 17.8 Å². The Balaban J connectivity index is 2.46. The summed E-state index contributed by atoms with van der Waals surface area (Å²) < 4.78 is 15.9. The second-order valence-electron chi connectivity index (χ2n) is 6.11. The lowest BCUT2D eigenvalue weighted by Crippen LogP contribution is -2.19. The van der Waals surface area contributed by atoms with Gasteiger partial charge in [0, 0.05) is 29.9 Å². The van der Waals surface area contributed by atoms with Crippen molar-refractivity contribution in [2.75, 3.05) is 19.0 Å². The van der Waals surface area contributed by atoms with Crippen molar-refractivity contribution in [3.05, 3.63) is 70.3 Å². The van der Waals surface area contributed by atoms with Gasteiger partial charge in [-0.1, -0.05) is 6.58 Å². The fourth-order valence-electron chi connectivity index (χ4n) is 2.94. The van der Waals surface area contributed by atoms with Crippen molar-refractivity contribution in [3.63, 3.8) is 0 Å². The number of pyridine rings is 1. The van der Waals surface area contributed by atoms with Crippen molar-refractivity contribution < 1.29 is 24.5 Å². The molecule has 1 heterocycles. The van der Waals surface area contributed by atoms with E-state index < -0.39 is 29.4 Å². The third kappa shape index (κ3) is 3.10. The lowest BCUT2D eigenvalue weighted by Gasteiger charge is -2.16. The van der Waals surface area contributed by atoms with E-state index in [0.717, 1.165) is 12.3 Å². The summed E-state index contributed by atoms with van der Waals surface area (Å²) in [6.07, 6.45) is 1.14. The molecule has 0 aliphatic carbocycles. The number of aromatic carboxylic acids is 1. The highest BCUT2D eigenvalue weighted by molar-refractivity contribution is 5.94. The number of hydrogen-bond donors (Lipinski definition) is 4. The highest BCUT2D eigenvalue weighted by Gasteiger charge is 2.19. The second kappa shape index (κ2) is 7.16. The summed E-state index contributed by atoms with van der Waals surface area (Å²) >= 11 is 0. The maximum atomic E-state index is 14.5. The molecule has 0 saturated carbocycles. The highest BCUT2D eigenvalue weighted by Crippen LogP contribution is 2.29. The smallest absolute Gasteiger partial charge is 0.341 e. The Morgan fingerprint density at radius 2 is 1.96 bits per heavy atom. The zero-order chi connectivity index (χ0) is 20.6. The van der Waals surface area contributed by atoms with E-state index in [-0.39, 0.29) is 27.8 Å². The van der Waals surface area contributed by atoms with Crippen LogP contribution in [-0.4, -0.2) is 39.5 Å². The van der Waals surface area contributed by atoms with Gasteiger partial charge in [-0.3, -0.25) is 4.79 Å². The van der Waals surface area contributed by atoms with Crippen LogP contribution in [0.2, 0.25) is 0 Å². The predicted octanol–water partition coefficient (Wildman–Crippen LogP) is 2.58. The minimum absolute atomic E-state index is 0.0128. The molecule has 8 heteroatoms. The Hall–Kier alpha value is -3.65. The summed E-state index contributed by atoms with van der Waals surface area (Å²) in [5.74, 6) is -2.26. The van der Waals surface area contributed by atoms with Crippen molar-refractivity contribution in [2.24, 2.45) is 0 Å². The van der Waals surface area contributed by atoms with Gasteiger partial charge in [-0.25, -0.2) is 9.18 Å². The fourth-order valence-corrected chi connectivity index (χ4v) is 2.94. The molecule has 0 aliphatic rings. The van der Waals surface area contributed by atoms with E-state index in [1.807, 2.05) is 0 Å². The third-order valence-electron chi connectivity index (χ3n) is 4.42. The zero-order valence-corrected chi connectivity index (χ0v) is 14.9. The molecule has 0 fully saturated rings. The van der Waals surface area contributed by atoms with E-state index in [4.69, 9.17) is 0 Å². The van der Waals surface area contributed by atoms with Crippen molar-refractivity contribution in [3.8, 4) is 11.4 Å². The third-order valence-corrected chi connectivity index (χ3v) is 4.42. The van der Waals surface area contributed by atoms with E-state index in [2.05, 4.69) is 11.9 Å². The highest BCUT2D eigenvalue weighted by atomic mass is 19.1. The number of hydrogen-bond acceptors (Lipinski definition) is 5. The molecular formula is C20H17FN2O5. The van der Waals surface area contributed by atoms with Crippen molar-refractivity contribution >= 4 is 28.1 Å². The summed E-state index contributed by atoms with van der Waals surface area (Å²) in [6.45, 7) is 3.12. The molecule has 1 aromatic heterocycles. The normalized spacial score (nSPS) is 10.8. The van der Waals surface area contributed by atoms with E-state index >= 15 is 0 Å². The first-order valence-electron chi connectivity index (χ1n) is 8.20. The molecule has 0 aliphatic heterocycles. The van der Waals surface area contributed by atoms with Crippen LogP contribution in [0.4, 0.5) is 10.1 Å². The van der Waals surface area contributed by atoms with Gasteiger partial charge in [0.25, 0.3) is 0 Å². The largest absolute Gasteiger partial charge is 0.506 e. The van der Waals surface area contributed by atoms with Crippen LogP contribution >= 0.6 is 0 Å². The molecule has 3 rings (SSSR count). The summed E-state index contributed by atoms with van der Waals surface area (Å²) in [7, 11) is 1.60. The Morgan fingerprint density at radius 1 is 1.25 bits per heavy atom. The molecule has 0 amide bonds. The van der Waals surface area contributed by atoms with Crippen molar-refractivity contribution in [1.29, 1.82) is 0 Å². The molecule has 0 saturated heterocycles. The van der Waals surface area contributed by atoms with Crippen LogP contribution in [0.5, 0.6) is 5.75 Å². The fraction of sp³-hybridized carbons (Fsp3) is 0.100. The number of nitrogens with one attached hydrogen (secondary N) is 1. The number of carbonyl (C=O) groups is 1. The monoisotopic (exact) mass is 384 g/mol. The minimum atomic E-state index is -1.45. The summed E-state index contributed by atoms with van der Waals surface area (Å²) in [5, 5.41) is 31.2. The molecular weight excluding hydrogens is 367 g/mol. The molecule has 0 radical (unpaired) electrons. The summed E-state index contributed by atoms with van der Waals surface area (Å²) in [5.41, 5.74) is -0.189. The number of phenolic OH excluding ortho intramolecular Hbond substituents is 1. The SMILES string of the molecule is C=C(CO)c1cc2c(cc1F)c(=O)c(C(=O)O)cn2-c1ccc(O)c(NC)c1. The van der Waals surface area contributed by atoms with Gasteiger partial charge < -0.3 is 25.2 Å². The number of aromatic nitrogens is 1. The Labute approximate surface area is 158 Å². The number of aliphatic hydroxyl groups is 1. The van der Waals surface area contributed by atoms with E-state index in [1.165, 1.54) is 22.8 Å². The summed E-state index contributed by atoms with van der Waals surface area (Å²) in [4.78, 5) is 24.1. The first-order chi connectivity index (χ1) is 13.3. The van der Waals surface area contributed by atoms with Crippen LogP contribution in [0, 0.1) is 5.82 Å². The molecule has 4 N–H and O–H groups in total. The average molecular weight is 384 g/mol. The van der Waals surface area contributed by atoms with Crippen molar-refractivity contribution in [1.82, 2.24) is 4.57 Å². The average Bonchev–Trinajstić information content (AvgIpc) is 2.68. The molecule has 0 bridgehead atoms. The Bertz CT molecular complexity index is 1180. The van der Waals surface area contributed by atoms with Crippen LogP contribution in [0.3, 0.4) is 0 Å². The number of nitrogens with zero attached hydrogens (tertiary/aromatic N) is 1. The summed E-state index contributed by atoms with van der Waals surface area (Å²) in [6, 6.07) is 6.76. The maximum Gasteiger partial charge on any atom is 0.341 e. The number of carboxylic acids is 1. The quantitative estimate of drug-likeness (QED) is 0.503. The van der Waals surface area contributed by atoms with E-state index in [9.17, 15) is 29.3 Å². The van der Waals surface area contributed by atoms with Crippen LogP contribution in [0.25, 0.3) is 22.2 Å². The standard InChI is InChI=1S/C20H17FN2O5/c1-10(9-24)12-7-17-13(6-15(12)21)19(26)14(20(27)28)8-23(17)11-3-4-18(25)16(5-11)22-2/h3-8,22,24-25H,1,9H2,2H3,(H,27,28). The van der Waals surface area contributed by atoms with Crippen LogP contribution < -0.4 is 10.7 Å². The van der Waals surface area contributed by atoms with Gasteiger partial charge in [0.1, 0.15) is 17.1 Å². The van der Waals surface area contributed by atoms with E-state index in [1.54, 1.807) is 13.1 Å². The first kappa shape index (κ1) is 19.1. The number of halogens is 1. The number of aliphatic hydroxyl groups excluding tert-OH is 1. The number of anilines is 1. The van der Waals surface area contributed by atoms with Crippen LogP contribution in [-0.2, 0) is 0 Å². The molecule has 144 valence electrons. The molecule has 0 atom stereocenters. The Morgan fingerprint density at radius 3 is 2.57 bits per heavy atom. The maximum absolute atomic E-state index is 14.5. The second-order valence-corrected chi connectivity index (χ2v) is 6.11. The van der Waals surface area contributed by atoms with Gasteiger partial charge in [0.2, 0.25) is 5.43 Å². The number of aromatic hydroxyl groups is 1. The van der Waals surface area contributed by atoms with E-state index in [0.29, 0.717) is 11.4 Å². The first-order valence-corrected chi connectivity index (χ1v) is 8.20. The minimum Gasteiger partial charge on any atom is -0.506 e. The number of phenols is 1. The lowest BCUT2D eigenvalue weighted by molar-refractivity contribution is 0.0695. The Kier molecular flexibility index (Phi) is 4.89. The zero-order valence-electron chi connectivity index (χ0n) is 14.9. The van der Waals surface area contributed by atoms with Gasteiger partial charge in [-0.15, -0.1) is 0 Å². The number of fused-ring (bicyclic) bond motifs is 1. The van der Waals surface area contributed by atoms with Crippen LogP contribution in [0.1, 0.15) is 15.9 Å². The molecule has 0 spiro atoms. The number of carboxylic acid groups (broad SMARTS) is 1. The van der Waals surface area contributed by atoms with Crippen LogP contribution in [0.15, 0.2) is 47.9 Å². The lowest BCUT2D eigenvalue weighted by atomic mass is 10.0. The number of rotatable bonds is 5. The molecule has 3 aromatic rings. The molecule has 7 nitrogen and oxygen atoms in total. The molecule has 28 heavy (non-hydrogen) atoms. The predicted molar refractivity (Wildman–Crippen MR) is 104 cm³/mol. The number of benzene rings is 2. The molecule has 2 aromatic carbocycles.